The predicted octanol–water partition coefficient (Wildman–Crippen LogP) is 4.59. The van der Waals surface area contributed by atoms with Crippen LogP contribution in [0, 0.1) is 11.3 Å². The van der Waals surface area contributed by atoms with E-state index in [1.54, 1.807) is 24.3 Å². The Hall–Kier alpha value is -2.25. The van der Waals surface area contributed by atoms with E-state index in [1.165, 1.54) is 17.3 Å². The fraction of sp³-hybridized carbons (Fsp3) is 0.263. The van der Waals surface area contributed by atoms with Gasteiger partial charge in [0, 0.05) is 4.90 Å². The third-order valence-corrected chi connectivity index (χ3v) is 4.42. The first-order valence-corrected chi connectivity index (χ1v) is 8.41. The third kappa shape index (κ3) is 4.87. The molecule has 0 aromatic heterocycles. The Morgan fingerprint density at radius 2 is 1.78 bits per heavy atom. The van der Waals surface area contributed by atoms with E-state index in [-0.39, 0.29) is 11.3 Å². The van der Waals surface area contributed by atoms with Crippen LogP contribution in [0.4, 0.5) is 5.69 Å². The van der Waals surface area contributed by atoms with Crippen LogP contribution in [0.2, 0.25) is 0 Å². The summed E-state index contributed by atoms with van der Waals surface area (Å²) in [7, 11) is 0. The van der Waals surface area contributed by atoms with Crippen LogP contribution in [0.25, 0.3) is 0 Å². The Labute approximate surface area is 141 Å². The molecule has 2 aromatic carbocycles. The van der Waals surface area contributed by atoms with Gasteiger partial charge in [-0.15, -0.1) is 11.8 Å². The molecule has 0 heterocycles. The van der Waals surface area contributed by atoms with Crippen molar-refractivity contribution in [2.75, 3.05) is 11.1 Å². The number of rotatable bonds is 4. The summed E-state index contributed by atoms with van der Waals surface area (Å²) in [6.07, 6.45) is 0. The highest BCUT2D eigenvalue weighted by atomic mass is 32.2. The Bertz CT molecular complexity index is 724. The number of nitrogens with one attached hydrogen (secondary N) is 1. The molecule has 0 aliphatic carbocycles. The zero-order valence-electron chi connectivity index (χ0n) is 13.6. The maximum Gasteiger partial charge on any atom is 0.234 e. The van der Waals surface area contributed by atoms with Gasteiger partial charge in [0.05, 0.1) is 17.0 Å². The van der Waals surface area contributed by atoms with E-state index < -0.39 is 0 Å². The molecule has 0 atom stereocenters. The Morgan fingerprint density at radius 3 is 2.39 bits per heavy atom. The van der Waals surface area contributed by atoms with E-state index >= 15 is 0 Å². The summed E-state index contributed by atoms with van der Waals surface area (Å²) in [5, 5.41) is 11.8. The van der Waals surface area contributed by atoms with Gasteiger partial charge in [-0.25, -0.2) is 0 Å². The first-order valence-electron chi connectivity index (χ1n) is 7.42. The molecule has 4 heteroatoms. The molecule has 1 amide bonds. The average molecular weight is 324 g/mol. The minimum absolute atomic E-state index is 0.113. The Balaban J connectivity index is 1.93. The summed E-state index contributed by atoms with van der Waals surface area (Å²) in [5.74, 6) is 0.201. The maximum atomic E-state index is 12.0. The van der Waals surface area contributed by atoms with Gasteiger partial charge < -0.3 is 5.32 Å². The van der Waals surface area contributed by atoms with Gasteiger partial charge in [0.2, 0.25) is 5.91 Å². The molecule has 23 heavy (non-hydrogen) atoms. The van der Waals surface area contributed by atoms with Crippen LogP contribution in [0.3, 0.4) is 0 Å². The topological polar surface area (TPSA) is 52.9 Å². The van der Waals surface area contributed by atoms with E-state index in [1.807, 2.05) is 12.1 Å². The van der Waals surface area contributed by atoms with Crippen LogP contribution in [-0.4, -0.2) is 11.7 Å². The second-order valence-corrected chi connectivity index (χ2v) is 7.32. The van der Waals surface area contributed by atoms with Gasteiger partial charge in [-0.3, -0.25) is 4.79 Å². The molecule has 118 valence electrons. The second-order valence-electron chi connectivity index (χ2n) is 6.27. The third-order valence-electron chi connectivity index (χ3n) is 3.41. The van der Waals surface area contributed by atoms with Gasteiger partial charge in [-0.2, -0.15) is 5.26 Å². The summed E-state index contributed by atoms with van der Waals surface area (Å²) in [4.78, 5) is 13.1. The Morgan fingerprint density at radius 1 is 1.13 bits per heavy atom. The summed E-state index contributed by atoms with van der Waals surface area (Å²) in [6.45, 7) is 6.53. The standard InChI is InChI=1S/C19H20N2OS/c1-19(2,3)15-8-10-16(11-9-15)23-13-18(22)21-17-7-5-4-6-14(17)12-20/h4-11H,13H2,1-3H3,(H,21,22). The fourth-order valence-electron chi connectivity index (χ4n) is 2.08. The fourth-order valence-corrected chi connectivity index (χ4v) is 2.77. The lowest BCUT2D eigenvalue weighted by atomic mass is 9.87. The van der Waals surface area contributed by atoms with E-state index in [0.717, 1.165) is 4.90 Å². The van der Waals surface area contributed by atoms with Crippen molar-refractivity contribution >= 4 is 23.4 Å². The molecule has 2 rings (SSSR count). The number of benzene rings is 2. The molecule has 0 radical (unpaired) electrons. The average Bonchev–Trinajstić information content (AvgIpc) is 2.53. The first-order chi connectivity index (χ1) is 10.9. The minimum atomic E-state index is -0.113. The number of nitriles is 1. The number of hydrogen-bond acceptors (Lipinski definition) is 3. The SMILES string of the molecule is CC(C)(C)c1ccc(SCC(=O)Nc2ccccc2C#N)cc1. The molecular formula is C19H20N2OS. The van der Waals surface area contributed by atoms with Crippen molar-refractivity contribution in [2.24, 2.45) is 0 Å². The van der Waals surface area contributed by atoms with Crippen molar-refractivity contribution in [1.29, 1.82) is 5.26 Å². The van der Waals surface area contributed by atoms with Gasteiger partial charge in [0.1, 0.15) is 6.07 Å². The normalized spacial score (nSPS) is 10.9. The molecular weight excluding hydrogens is 304 g/mol. The molecule has 1 N–H and O–H groups in total. The lowest BCUT2D eigenvalue weighted by Crippen LogP contribution is -2.15. The zero-order valence-corrected chi connectivity index (χ0v) is 14.4. The highest BCUT2D eigenvalue weighted by Crippen LogP contribution is 2.25. The van der Waals surface area contributed by atoms with Crippen LogP contribution in [-0.2, 0) is 10.2 Å². The smallest absolute Gasteiger partial charge is 0.234 e. The van der Waals surface area contributed by atoms with Crippen molar-refractivity contribution in [3.05, 3.63) is 59.7 Å². The highest BCUT2D eigenvalue weighted by Gasteiger charge is 2.13. The molecule has 0 aliphatic heterocycles. The van der Waals surface area contributed by atoms with E-state index in [9.17, 15) is 4.79 Å². The largest absolute Gasteiger partial charge is 0.324 e. The number of amides is 1. The molecule has 0 unspecified atom stereocenters. The summed E-state index contributed by atoms with van der Waals surface area (Å²) in [6, 6.07) is 17.4. The van der Waals surface area contributed by atoms with Crippen LogP contribution in [0.1, 0.15) is 31.9 Å². The number of thioether (sulfide) groups is 1. The summed E-state index contributed by atoms with van der Waals surface area (Å²) >= 11 is 1.49. The van der Waals surface area contributed by atoms with Crippen LogP contribution in [0.15, 0.2) is 53.4 Å². The molecule has 0 spiro atoms. The van der Waals surface area contributed by atoms with Crippen molar-refractivity contribution in [1.82, 2.24) is 0 Å². The maximum absolute atomic E-state index is 12.0. The number of carbonyl (C=O) groups excluding carboxylic acids is 1. The van der Waals surface area contributed by atoms with Crippen molar-refractivity contribution < 1.29 is 4.79 Å². The van der Waals surface area contributed by atoms with Gasteiger partial charge in [-0.1, -0.05) is 45.0 Å². The quantitative estimate of drug-likeness (QED) is 0.837. The van der Waals surface area contributed by atoms with E-state index in [2.05, 4.69) is 44.3 Å². The first kappa shape index (κ1) is 17.1. The highest BCUT2D eigenvalue weighted by molar-refractivity contribution is 8.00. The van der Waals surface area contributed by atoms with Gasteiger partial charge in [0.25, 0.3) is 0 Å². The van der Waals surface area contributed by atoms with Gasteiger partial charge in [0.15, 0.2) is 0 Å². The minimum Gasteiger partial charge on any atom is -0.324 e. The number of anilines is 1. The van der Waals surface area contributed by atoms with Gasteiger partial charge in [-0.05, 0) is 35.2 Å². The molecule has 0 saturated heterocycles. The monoisotopic (exact) mass is 324 g/mol. The summed E-state index contributed by atoms with van der Waals surface area (Å²) in [5.41, 5.74) is 2.43. The summed E-state index contributed by atoms with van der Waals surface area (Å²) < 4.78 is 0. The van der Waals surface area contributed by atoms with Crippen LogP contribution in [0.5, 0.6) is 0 Å². The second kappa shape index (κ2) is 7.34. The van der Waals surface area contributed by atoms with Crippen LogP contribution >= 0.6 is 11.8 Å². The molecule has 0 fully saturated rings. The molecule has 0 saturated carbocycles. The molecule has 3 nitrogen and oxygen atoms in total. The number of hydrogen-bond donors (Lipinski definition) is 1. The van der Waals surface area contributed by atoms with Crippen molar-refractivity contribution in [2.45, 2.75) is 31.1 Å². The van der Waals surface area contributed by atoms with Crippen LogP contribution < -0.4 is 5.32 Å². The van der Waals surface area contributed by atoms with E-state index in [0.29, 0.717) is 17.0 Å². The number of carbonyl (C=O) groups is 1. The Kier molecular flexibility index (Phi) is 5.46. The molecule has 0 aliphatic rings. The zero-order chi connectivity index (χ0) is 16.9. The lowest BCUT2D eigenvalue weighted by Gasteiger charge is -2.19. The van der Waals surface area contributed by atoms with E-state index in [4.69, 9.17) is 5.26 Å². The number of para-hydroxylation sites is 1. The van der Waals surface area contributed by atoms with Crippen molar-refractivity contribution in [3.8, 4) is 6.07 Å². The number of nitrogens with zero attached hydrogens (tertiary/aromatic N) is 1. The van der Waals surface area contributed by atoms with Gasteiger partial charge >= 0.3 is 0 Å². The van der Waals surface area contributed by atoms with Crippen molar-refractivity contribution in [3.63, 3.8) is 0 Å². The molecule has 0 bridgehead atoms. The molecule has 2 aromatic rings. The predicted molar refractivity (Wildman–Crippen MR) is 95.7 cm³/mol. The lowest BCUT2D eigenvalue weighted by molar-refractivity contribution is -0.113.